The summed E-state index contributed by atoms with van der Waals surface area (Å²) in [5, 5.41) is 4.93. The molecule has 0 radical (unpaired) electrons. The molecule has 1 fully saturated rings. The monoisotopic (exact) mass is 515 g/mol. The molecule has 190 valence electrons. The number of anilines is 1. The Morgan fingerprint density at radius 1 is 0.973 bits per heavy atom. The quantitative estimate of drug-likeness (QED) is 0.345. The molecule has 37 heavy (non-hydrogen) atoms. The van der Waals surface area contributed by atoms with Gasteiger partial charge in [0.25, 0.3) is 5.56 Å². The van der Waals surface area contributed by atoms with E-state index in [0.717, 1.165) is 12.1 Å². The van der Waals surface area contributed by atoms with Gasteiger partial charge < -0.3 is 15.0 Å². The van der Waals surface area contributed by atoms with Crippen LogP contribution >= 0.6 is 11.3 Å². The van der Waals surface area contributed by atoms with Gasteiger partial charge >= 0.3 is 6.09 Å². The molecule has 4 aromatic rings. The summed E-state index contributed by atoms with van der Waals surface area (Å²) in [6.07, 6.45) is 0.379. The molecule has 2 aromatic carbocycles. The van der Waals surface area contributed by atoms with Crippen LogP contribution in [-0.2, 0) is 4.74 Å². The van der Waals surface area contributed by atoms with Gasteiger partial charge in [-0.05, 0) is 45.4 Å². The van der Waals surface area contributed by atoms with Crippen LogP contribution in [0.15, 0.2) is 77.6 Å². The fourth-order valence-corrected chi connectivity index (χ4v) is 5.81. The minimum Gasteiger partial charge on any atom is -0.444 e. The lowest BCUT2D eigenvalue weighted by Gasteiger charge is -2.24. The normalized spacial score (nSPS) is 15.6. The molecule has 1 atom stereocenters. The third-order valence-corrected chi connectivity index (χ3v) is 7.32. The predicted molar refractivity (Wildman–Crippen MR) is 147 cm³/mol. The minimum absolute atomic E-state index is 0.0557. The van der Waals surface area contributed by atoms with Gasteiger partial charge in [-0.25, -0.2) is 4.79 Å². The highest BCUT2D eigenvalue weighted by atomic mass is 32.1. The molecule has 1 aliphatic heterocycles. The van der Waals surface area contributed by atoms with Gasteiger partial charge in [-0.3, -0.25) is 14.2 Å². The molecule has 8 heteroatoms. The first-order chi connectivity index (χ1) is 17.7. The predicted octanol–water partition coefficient (Wildman–Crippen LogP) is 5.70. The van der Waals surface area contributed by atoms with Crippen LogP contribution in [0.25, 0.3) is 15.9 Å². The maximum absolute atomic E-state index is 13.8. The number of aromatic nitrogens is 1. The van der Waals surface area contributed by atoms with Gasteiger partial charge in [0.05, 0.1) is 11.3 Å². The molecule has 0 aliphatic carbocycles. The lowest BCUT2D eigenvalue weighted by molar-refractivity contribution is 0.0293. The van der Waals surface area contributed by atoms with E-state index in [1.807, 2.05) is 69.3 Å². The molecule has 0 spiro atoms. The molecular weight excluding hydrogens is 486 g/mol. The maximum Gasteiger partial charge on any atom is 0.410 e. The molecule has 2 aromatic heterocycles. The van der Waals surface area contributed by atoms with Crippen molar-refractivity contribution < 1.29 is 14.3 Å². The summed E-state index contributed by atoms with van der Waals surface area (Å²) < 4.78 is 7.18. The number of fused-ring (bicyclic) bond motifs is 1. The van der Waals surface area contributed by atoms with Crippen molar-refractivity contribution in [1.82, 2.24) is 9.47 Å². The zero-order chi connectivity index (χ0) is 26.2. The standard InChI is InChI=1S/C29H29N3O4S/c1-29(2,3)36-28(35)31-17-16-20(18-31)30-26-24(25(34)19-10-6-4-7-11-19)22-14-15-23(33)32(27(22)37-26)21-12-8-5-9-13-21/h4-15,20,30H,16-18H2,1-3H3/t20-/m1/s1. The van der Waals surface area contributed by atoms with Crippen molar-refractivity contribution in [3.8, 4) is 5.69 Å². The number of ketones is 1. The number of nitrogens with one attached hydrogen (secondary N) is 1. The van der Waals surface area contributed by atoms with E-state index in [4.69, 9.17) is 4.74 Å². The number of rotatable bonds is 5. The Kier molecular flexibility index (Phi) is 6.60. The summed E-state index contributed by atoms with van der Waals surface area (Å²) >= 11 is 1.39. The summed E-state index contributed by atoms with van der Waals surface area (Å²) in [7, 11) is 0. The zero-order valence-corrected chi connectivity index (χ0v) is 21.9. The number of benzene rings is 2. The number of pyridine rings is 1. The average molecular weight is 516 g/mol. The molecule has 7 nitrogen and oxygen atoms in total. The van der Waals surface area contributed by atoms with Gasteiger partial charge in [-0.2, -0.15) is 0 Å². The first-order valence-corrected chi connectivity index (χ1v) is 13.1. The molecule has 1 N–H and O–H groups in total. The van der Waals surface area contributed by atoms with Crippen molar-refractivity contribution in [1.29, 1.82) is 0 Å². The molecule has 1 amide bonds. The lowest BCUT2D eigenvalue weighted by Crippen LogP contribution is -2.36. The number of hydrogen-bond acceptors (Lipinski definition) is 6. The van der Waals surface area contributed by atoms with E-state index in [1.165, 1.54) is 17.4 Å². The molecule has 1 saturated heterocycles. The van der Waals surface area contributed by atoms with E-state index in [0.29, 0.717) is 39.4 Å². The van der Waals surface area contributed by atoms with Crippen LogP contribution in [0.1, 0.15) is 43.1 Å². The minimum atomic E-state index is -0.565. The van der Waals surface area contributed by atoms with Crippen molar-refractivity contribution in [2.75, 3.05) is 18.4 Å². The van der Waals surface area contributed by atoms with Crippen molar-refractivity contribution in [2.24, 2.45) is 0 Å². The Morgan fingerprint density at radius 2 is 1.65 bits per heavy atom. The van der Waals surface area contributed by atoms with E-state index < -0.39 is 5.60 Å². The Labute approximate surface area is 219 Å². The number of carbonyl (C=O) groups excluding carboxylic acids is 2. The van der Waals surface area contributed by atoms with Crippen LogP contribution in [0.4, 0.5) is 9.80 Å². The van der Waals surface area contributed by atoms with Crippen LogP contribution < -0.4 is 10.9 Å². The molecule has 3 heterocycles. The van der Waals surface area contributed by atoms with Crippen LogP contribution in [0, 0.1) is 0 Å². The first kappa shape index (κ1) is 24.8. The van der Waals surface area contributed by atoms with Crippen molar-refractivity contribution in [3.63, 3.8) is 0 Å². The summed E-state index contributed by atoms with van der Waals surface area (Å²) in [5.41, 5.74) is 1.12. The van der Waals surface area contributed by atoms with Crippen molar-refractivity contribution in [3.05, 3.63) is 94.3 Å². The number of amides is 1. The van der Waals surface area contributed by atoms with Crippen LogP contribution in [0.5, 0.6) is 0 Å². The Hall–Kier alpha value is -3.91. The van der Waals surface area contributed by atoms with Crippen LogP contribution in [0.2, 0.25) is 0 Å². The van der Waals surface area contributed by atoms with Gasteiger partial charge in [0.2, 0.25) is 0 Å². The molecule has 0 unspecified atom stereocenters. The molecule has 1 aliphatic rings. The third kappa shape index (κ3) is 5.15. The number of thiophene rings is 1. The fraction of sp³-hybridized carbons (Fsp3) is 0.276. The lowest BCUT2D eigenvalue weighted by atomic mass is 10.0. The van der Waals surface area contributed by atoms with Gasteiger partial charge in [-0.15, -0.1) is 0 Å². The van der Waals surface area contributed by atoms with Gasteiger partial charge in [0.15, 0.2) is 5.78 Å². The number of carbonyl (C=O) groups is 2. The second-order valence-electron chi connectivity index (χ2n) is 10.1. The Morgan fingerprint density at radius 3 is 2.32 bits per heavy atom. The Balaban J connectivity index is 1.56. The maximum atomic E-state index is 13.8. The average Bonchev–Trinajstić information content (AvgIpc) is 3.48. The molecule has 5 rings (SSSR count). The summed E-state index contributed by atoms with van der Waals surface area (Å²) in [6, 6.07) is 21.7. The highest BCUT2D eigenvalue weighted by Crippen LogP contribution is 2.38. The van der Waals surface area contributed by atoms with E-state index in [2.05, 4.69) is 5.32 Å². The highest BCUT2D eigenvalue weighted by Gasteiger charge is 2.31. The van der Waals surface area contributed by atoms with Crippen LogP contribution in [-0.4, -0.2) is 46.1 Å². The number of para-hydroxylation sites is 1. The summed E-state index contributed by atoms with van der Waals surface area (Å²) in [5.74, 6) is -0.116. The van der Waals surface area contributed by atoms with E-state index in [-0.39, 0.29) is 23.5 Å². The first-order valence-electron chi connectivity index (χ1n) is 12.3. The molecule has 0 saturated carbocycles. The highest BCUT2D eigenvalue weighted by molar-refractivity contribution is 7.23. The fourth-order valence-electron chi connectivity index (χ4n) is 4.52. The van der Waals surface area contributed by atoms with Crippen molar-refractivity contribution in [2.45, 2.75) is 38.8 Å². The number of ether oxygens (including phenoxy) is 1. The van der Waals surface area contributed by atoms with E-state index in [1.54, 1.807) is 27.7 Å². The van der Waals surface area contributed by atoms with Gasteiger partial charge in [-0.1, -0.05) is 59.9 Å². The van der Waals surface area contributed by atoms with Crippen LogP contribution in [0.3, 0.4) is 0 Å². The number of hydrogen-bond donors (Lipinski definition) is 1. The largest absolute Gasteiger partial charge is 0.444 e. The Bertz CT molecular complexity index is 1500. The molecular formula is C29H29N3O4S. The van der Waals surface area contributed by atoms with Crippen molar-refractivity contribution >= 4 is 38.4 Å². The smallest absolute Gasteiger partial charge is 0.410 e. The van der Waals surface area contributed by atoms with E-state index in [9.17, 15) is 14.4 Å². The summed E-state index contributed by atoms with van der Waals surface area (Å²) in [6.45, 7) is 6.58. The second-order valence-corrected chi connectivity index (χ2v) is 11.1. The number of likely N-dealkylation sites (tertiary alicyclic amines) is 1. The number of nitrogens with zero attached hydrogens (tertiary/aromatic N) is 2. The zero-order valence-electron chi connectivity index (χ0n) is 21.1. The second kappa shape index (κ2) is 9.86. The SMILES string of the molecule is CC(C)(C)OC(=O)N1CC[C@@H](Nc2sc3c(ccc(=O)n3-c3ccccc3)c2C(=O)c2ccccc2)C1. The van der Waals surface area contributed by atoms with Gasteiger partial charge in [0.1, 0.15) is 15.4 Å². The third-order valence-electron chi connectivity index (χ3n) is 6.19. The molecule has 0 bridgehead atoms. The summed E-state index contributed by atoms with van der Waals surface area (Å²) in [4.78, 5) is 41.7. The van der Waals surface area contributed by atoms with Gasteiger partial charge in [0, 0.05) is 36.1 Å². The topological polar surface area (TPSA) is 80.6 Å². The van der Waals surface area contributed by atoms with E-state index >= 15 is 0 Å².